The molecule has 0 amide bonds. The molecule has 0 fully saturated rings. The van der Waals surface area contributed by atoms with E-state index in [4.69, 9.17) is 18.5 Å². The number of hydrogen-bond acceptors (Lipinski definition) is 7. The van der Waals surface area contributed by atoms with E-state index in [1.54, 1.807) is 0 Å². The van der Waals surface area contributed by atoms with Gasteiger partial charge in [-0.2, -0.15) is 0 Å². The molecule has 1 N–H and O–H groups in total. The summed E-state index contributed by atoms with van der Waals surface area (Å²) in [4.78, 5) is 35.9. The van der Waals surface area contributed by atoms with Crippen LogP contribution in [0.15, 0.2) is 134 Å². The fourth-order valence-corrected chi connectivity index (χ4v) is 10.4. The first-order valence-electron chi connectivity index (χ1n) is 35.9. The predicted octanol–water partition coefficient (Wildman–Crippen LogP) is 23.6. The van der Waals surface area contributed by atoms with Gasteiger partial charge in [0.1, 0.15) is 19.8 Å². The molecule has 504 valence electrons. The van der Waals surface area contributed by atoms with Crippen LogP contribution in [-0.2, 0) is 32.7 Å². The lowest BCUT2D eigenvalue weighted by Gasteiger charge is -2.24. The molecule has 10 heteroatoms. The topological polar surface area (TPSA) is 108 Å². The number of nitrogens with zero attached hydrogens (tertiary/aromatic N) is 1. The van der Waals surface area contributed by atoms with Gasteiger partial charge in [0.15, 0.2) is 6.10 Å². The van der Waals surface area contributed by atoms with Crippen LogP contribution in [0.2, 0.25) is 0 Å². The minimum absolute atomic E-state index is 0.0261. The highest BCUT2D eigenvalue weighted by Crippen LogP contribution is 2.43. The molecule has 88 heavy (non-hydrogen) atoms. The van der Waals surface area contributed by atoms with Gasteiger partial charge >= 0.3 is 19.8 Å². The van der Waals surface area contributed by atoms with Crippen LogP contribution in [-0.4, -0.2) is 74.9 Å². The Morgan fingerprint density at radius 3 is 0.966 bits per heavy atom. The standard InChI is InChI=1S/C78H134NO8P/c1-6-8-10-12-14-16-18-20-22-24-26-28-30-32-33-34-35-36-37-38-39-40-41-42-43-44-45-47-49-51-53-55-57-59-61-63-65-67-69-71-78(81)87-76(75-86-88(82,83)85-73-72-79(3,4)5)74-84-77(80)70-68-66-64-62-60-58-56-54-52-50-48-46-31-29-27-25-23-21-19-17-15-13-11-9-7-2/h8,10,14,16,19-22,25-28,32-33,35-36,38-39,41-42,44-45,76H,6-7,9,11-13,15,17-18,23-24,29-31,34,37,40,43,46-75H2,1-5H3/p+1/b10-8-,16-14-,21-19-,22-20-,27-25-,28-26-,33-32-,36-35-,39-38-,42-41-,45-44-. The van der Waals surface area contributed by atoms with Gasteiger partial charge in [0.05, 0.1) is 27.7 Å². The Kier molecular flexibility index (Phi) is 64.6. The van der Waals surface area contributed by atoms with Gasteiger partial charge in [-0.05, 0) is 116 Å². The average molecular weight is 1250 g/mol. The number of quaternary nitrogens is 1. The van der Waals surface area contributed by atoms with Crippen LogP contribution >= 0.6 is 7.82 Å². The van der Waals surface area contributed by atoms with Gasteiger partial charge in [0.2, 0.25) is 0 Å². The van der Waals surface area contributed by atoms with E-state index in [2.05, 4.69) is 148 Å². The van der Waals surface area contributed by atoms with Crippen LogP contribution in [0.3, 0.4) is 0 Å². The molecule has 2 atom stereocenters. The zero-order valence-electron chi connectivity index (χ0n) is 57.4. The van der Waals surface area contributed by atoms with Crippen LogP contribution < -0.4 is 0 Å². The Balaban J connectivity index is 4.08. The fourth-order valence-electron chi connectivity index (χ4n) is 9.69. The molecule has 2 unspecified atom stereocenters. The lowest BCUT2D eigenvalue weighted by molar-refractivity contribution is -0.870. The number of phosphoric ester groups is 1. The molecule has 0 aliphatic heterocycles. The van der Waals surface area contributed by atoms with Crippen molar-refractivity contribution in [3.63, 3.8) is 0 Å². The van der Waals surface area contributed by atoms with E-state index >= 15 is 0 Å². The van der Waals surface area contributed by atoms with Crippen molar-refractivity contribution in [2.75, 3.05) is 47.5 Å². The molecule has 0 bridgehead atoms. The predicted molar refractivity (Wildman–Crippen MR) is 381 cm³/mol. The Labute approximate surface area is 542 Å². The maximum absolute atomic E-state index is 12.9. The van der Waals surface area contributed by atoms with Crippen molar-refractivity contribution in [2.45, 2.75) is 302 Å². The summed E-state index contributed by atoms with van der Waals surface area (Å²) in [6, 6.07) is 0. The van der Waals surface area contributed by atoms with Crippen LogP contribution in [0.4, 0.5) is 0 Å². The van der Waals surface area contributed by atoms with Crippen molar-refractivity contribution in [1.29, 1.82) is 0 Å². The first kappa shape index (κ1) is 84.2. The van der Waals surface area contributed by atoms with E-state index in [0.29, 0.717) is 17.4 Å². The summed E-state index contributed by atoms with van der Waals surface area (Å²) in [5, 5.41) is 0. The second-order valence-corrected chi connectivity index (χ2v) is 26.3. The molecule has 0 heterocycles. The van der Waals surface area contributed by atoms with Crippen LogP contribution in [0, 0.1) is 0 Å². The quantitative estimate of drug-likeness (QED) is 0.0211. The number of ether oxygens (including phenoxy) is 2. The summed E-state index contributed by atoms with van der Waals surface area (Å²) in [7, 11) is 1.47. The van der Waals surface area contributed by atoms with Crippen molar-refractivity contribution in [3.05, 3.63) is 134 Å². The highest BCUT2D eigenvalue weighted by atomic mass is 31.2. The molecule has 0 spiro atoms. The van der Waals surface area contributed by atoms with Gasteiger partial charge in [0.25, 0.3) is 0 Å². The maximum Gasteiger partial charge on any atom is 0.472 e. The monoisotopic (exact) mass is 1240 g/mol. The summed E-state index contributed by atoms with van der Waals surface area (Å²) in [5.74, 6) is -0.800. The van der Waals surface area contributed by atoms with E-state index in [1.165, 1.54) is 154 Å². The van der Waals surface area contributed by atoms with Gasteiger partial charge in [0, 0.05) is 12.8 Å². The molecular weight excluding hydrogens is 1110 g/mol. The molecular formula is C78H135NO8P+. The highest BCUT2D eigenvalue weighted by Gasteiger charge is 2.27. The van der Waals surface area contributed by atoms with E-state index in [1.807, 2.05) is 21.1 Å². The van der Waals surface area contributed by atoms with Gasteiger partial charge in [-0.15, -0.1) is 0 Å². The molecule has 0 aromatic carbocycles. The lowest BCUT2D eigenvalue weighted by Crippen LogP contribution is -2.37. The van der Waals surface area contributed by atoms with Crippen molar-refractivity contribution in [1.82, 2.24) is 0 Å². The Morgan fingerprint density at radius 1 is 0.364 bits per heavy atom. The number of rotatable bonds is 65. The van der Waals surface area contributed by atoms with E-state index in [9.17, 15) is 19.0 Å². The second kappa shape index (κ2) is 67.5. The van der Waals surface area contributed by atoms with Gasteiger partial charge in [-0.1, -0.05) is 302 Å². The Morgan fingerprint density at radius 2 is 0.648 bits per heavy atom. The Hall–Kier alpha value is -3.85. The summed E-state index contributed by atoms with van der Waals surface area (Å²) in [6.07, 6.45) is 98.4. The van der Waals surface area contributed by atoms with Gasteiger partial charge in [-0.25, -0.2) is 4.57 Å². The molecule has 0 aliphatic rings. The smallest absolute Gasteiger partial charge is 0.462 e. The molecule has 0 saturated carbocycles. The normalized spacial score (nSPS) is 13.9. The highest BCUT2D eigenvalue weighted by molar-refractivity contribution is 7.47. The number of hydrogen-bond donors (Lipinski definition) is 1. The third kappa shape index (κ3) is 71.2. The third-order valence-electron chi connectivity index (χ3n) is 15.2. The largest absolute Gasteiger partial charge is 0.472 e. The van der Waals surface area contributed by atoms with E-state index < -0.39 is 26.5 Å². The fraction of sp³-hybridized carbons (Fsp3) is 0.692. The Bertz CT molecular complexity index is 1950. The molecule has 0 saturated heterocycles. The average Bonchev–Trinajstić information content (AvgIpc) is 3.68. The van der Waals surface area contributed by atoms with Crippen LogP contribution in [0.5, 0.6) is 0 Å². The minimum atomic E-state index is -4.40. The number of allylic oxidation sites excluding steroid dienone is 22. The molecule has 0 aromatic rings. The molecule has 0 radical (unpaired) electrons. The van der Waals surface area contributed by atoms with E-state index in [0.717, 1.165) is 109 Å². The molecule has 0 rings (SSSR count). The minimum Gasteiger partial charge on any atom is -0.462 e. The second-order valence-electron chi connectivity index (χ2n) is 24.9. The molecule has 0 aromatic heterocycles. The molecule has 9 nitrogen and oxygen atoms in total. The third-order valence-corrected chi connectivity index (χ3v) is 16.1. The zero-order chi connectivity index (χ0) is 64.1. The van der Waals surface area contributed by atoms with Crippen molar-refractivity contribution >= 4 is 19.8 Å². The van der Waals surface area contributed by atoms with Crippen LogP contribution in [0.1, 0.15) is 296 Å². The first-order valence-corrected chi connectivity index (χ1v) is 37.4. The summed E-state index contributed by atoms with van der Waals surface area (Å²) < 4.78 is 34.7. The van der Waals surface area contributed by atoms with Crippen molar-refractivity contribution < 1.29 is 42.1 Å². The number of carbonyl (C=O) groups excluding carboxylic acids is 2. The summed E-state index contributed by atoms with van der Waals surface area (Å²) >= 11 is 0. The first-order chi connectivity index (χ1) is 43.0. The molecule has 0 aliphatic carbocycles. The number of phosphoric acid groups is 1. The zero-order valence-corrected chi connectivity index (χ0v) is 58.3. The van der Waals surface area contributed by atoms with Gasteiger partial charge in [-0.3, -0.25) is 18.6 Å². The van der Waals surface area contributed by atoms with E-state index in [-0.39, 0.29) is 32.0 Å². The van der Waals surface area contributed by atoms with Crippen molar-refractivity contribution in [3.8, 4) is 0 Å². The van der Waals surface area contributed by atoms with Crippen molar-refractivity contribution in [2.24, 2.45) is 0 Å². The number of esters is 2. The number of likely N-dealkylation sites (N-methyl/N-ethyl adjacent to an activating group) is 1. The SMILES string of the molecule is CC/C=C\C/C=C\C/C=C\C/C=C\C/C=C\C/C=C\C/C=C\C/C=C\C/C=C\CCCCCCCCCCCCCC(=O)OC(COC(=O)CCCCCCCCCCCCCCC/C=C\C/C=C\CCCCCCC)COP(=O)(O)OCC[N+](C)(C)C. The van der Waals surface area contributed by atoms with Crippen LogP contribution in [0.25, 0.3) is 0 Å². The lowest BCUT2D eigenvalue weighted by atomic mass is 10.0. The van der Waals surface area contributed by atoms with Gasteiger partial charge < -0.3 is 18.9 Å². The summed E-state index contributed by atoms with van der Waals surface area (Å²) in [6.45, 7) is 4.32. The maximum atomic E-state index is 12.9. The number of carbonyl (C=O) groups is 2. The summed E-state index contributed by atoms with van der Waals surface area (Å²) in [5.41, 5.74) is 0. The number of unbranched alkanes of at least 4 members (excludes halogenated alkanes) is 29.